The van der Waals surface area contributed by atoms with E-state index in [0.717, 1.165) is 17.7 Å². The summed E-state index contributed by atoms with van der Waals surface area (Å²) in [7, 11) is 0. The molecule has 4 nitrogen and oxygen atoms in total. The number of rotatable bonds is 4. The number of carbonyl (C=O) groups excluding carboxylic acids is 1. The van der Waals surface area contributed by atoms with Crippen LogP contribution >= 0.6 is 23.2 Å². The maximum Gasteiger partial charge on any atom is 0.229 e. The molecular weight excluding hydrogens is 285 g/mol. The normalized spacial score (nSPS) is 10.5. The lowest BCUT2D eigenvalue weighted by molar-refractivity contribution is -0.115. The largest absolute Gasteiger partial charge is 0.309 e. The first kappa shape index (κ1) is 13.9. The Hall–Kier alpha value is -1.52. The number of hydrogen-bond donors (Lipinski definition) is 2. The molecule has 0 atom stereocenters. The maximum absolute atomic E-state index is 11.8. The Morgan fingerprint density at radius 1 is 1.32 bits per heavy atom. The summed E-state index contributed by atoms with van der Waals surface area (Å²) in [6.07, 6.45) is 1.07. The second kappa shape index (κ2) is 6.08. The fourth-order valence-electron chi connectivity index (χ4n) is 1.63. The number of nitrogens with one attached hydrogen (secondary N) is 2. The van der Waals surface area contributed by atoms with Crippen molar-refractivity contribution >= 4 is 34.9 Å². The molecule has 100 valence electrons. The SMILES string of the molecule is CCc1cc(NC(=O)Cc2ccc(Cl)c(Cl)c2)n[nH]1. The maximum atomic E-state index is 11.8. The summed E-state index contributed by atoms with van der Waals surface area (Å²) in [5.74, 6) is 0.384. The lowest BCUT2D eigenvalue weighted by atomic mass is 10.1. The number of halogens is 2. The van der Waals surface area contributed by atoms with E-state index in [1.807, 2.05) is 13.0 Å². The predicted molar refractivity (Wildman–Crippen MR) is 76.8 cm³/mol. The molecule has 0 aliphatic heterocycles. The minimum atomic E-state index is -0.146. The molecule has 0 radical (unpaired) electrons. The second-order valence-electron chi connectivity index (χ2n) is 4.11. The van der Waals surface area contributed by atoms with Crippen LogP contribution in [0.25, 0.3) is 0 Å². The van der Waals surface area contributed by atoms with Gasteiger partial charge < -0.3 is 5.32 Å². The average Bonchev–Trinajstić information content (AvgIpc) is 2.81. The first-order chi connectivity index (χ1) is 9.08. The summed E-state index contributed by atoms with van der Waals surface area (Å²) in [4.78, 5) is 11.8. The molecular formula is C13H13Cl2N3O. The van der Waals surface area contributed by atoms with Crippen LogP contribution in [0.2, 0.25) is 10.0 Å². The number of nitrogens with zero attached hydrogens (tertiary/aromatic N) is 1. The Bertz CT molecular complexity index is 595. The molecule has 2 rings (SSSR count). The number of aromatic amines is 1. The Balaban J connectivity index is 1.98. The topological polar surface area (TPSA) is 57.8 Å². The smallest absolute Gasteiger partial charge is 0.229 e. The monoisotopic (exact) mass is 297 g/mol. The molecule has 0 aliphatic rings. The summed E-state index contributed by atoms with van der Waals surface area (Å²) in [5.41, 5.74) is 1.78. The number of hydrogen-bond acceptors (Lipinski definition) is 2. The molecule has 19 heavy (non-hydrogen) atoms. The van der Waals surface area contributed by atoms with E-state index >= 15 is 0 Å². The Morgan fingerprint density at radius 2 is 2.11 bits per heavy atom. The third kappa shape index (κ3) is 3.72. The average molecular weight is 298 g/mol. The van der Waals surface area contributed by atoms with Crippen molar-refractivity contribution in [2.75, 3.05) is 5.32 Å². The zero-order chi connectivity index (χ0) is 13.8. The van der Waals surface area contributed by atoms with Crippen molar-refractivity contribution in [3.63, 3.8) is 0 Å². The number of carbonyl (C=O) groups is 1. The van der Waals surface area contributed by atoms with E-state index in [1.165, 1.54) is 0 Å². The van der Waals surface area contributed by atoms with Crippen LogP contribution in [0.5, 0.6) is 0 Å². The van der Waals surface area contributed by atoms with Gasteiger partial charge in [-0.25, -0.2) is 0 Å². The summed E-state index contributed by atoms with van der Waals surface area (Å²) in [6.45, 7) is 2.01. The predicted octanol–water partition coefficient (Wildman–Crippen LogP) is 3.46. The van der Waals surface area contributed by atoms with Crippen molar-refractivity contribution in [3.05, 3.63) is 45.6 Å². The van der Waals surface area contributed by atoms with Gasteiger partial charge in [0.1, 0.15) is 0 Å². The van der Waals surface area contributed by atoms with Gasteiger partial charge >= 0.3 is 0 Å². The first-order valence-corrected chi connectivity index (χ1v) is 6.62. The van der Waals surface area contributed by atoms with Gasteiger partial charge in [-0.2, -0.15) is 5.10 Å². The highest BCUT2D eigenvalue weighted by molar-refractivity contribution is 6.42. The highest BCUT2D eigenvalue weighted by Crippen LogP contribution is 2.22. The molecule has 2 aromatic rings. The van der Waals surface area contributed by atoms with Gasteiger partial charge in [0, 0.05) is 11.8 Å². The van der Waals surface area contributed by atoms with Gasteiger partial charge in [0.05, 0.1) is 16.5 Å². The van der Waals surface area contributed by atoms with Crippen LogP contribution in [0.1, 0.15) is 18.2 Å². The van der Waals surface area contributed by atoms with Gasteiger partial charge in [-0.15, -0.1) is 0 Å². The Morgan fingerprint density at radius 3 is 2.74 bits per heavy atom. The molecule has 1 aromatic heterocycles. The number of anilines is 1. The molecule has 0 saturated carbocycles. The van der Waals surface area contributed by atoms with Crippen molar-refractivity contribution < 1.29 is 4.79 Å². The third-order valence-electron chi connectivity index (χ3n) is 2.63. The highest BCUT2D eigenvalue weighted by atomic mass is 35.5. The van der Waals surface area contributed by atoms with E-state index in [0.29, 0.717) is 15.9 Å². The van der Waals surface area contributed by atoms with Crippen molar-refractivity contribution in [2.45, 2.75) is 19.8 Å². The molecule has 6 heteroatoms. The molecule has 1 amide bonds. The van der Waals surface area contributed by atoms with E-state index in [-0.39, 0.29) is 12.3 Å². The lowest BCUT2D eigenvalue weighted by Gasteiger charge is -2.03. The minimum Gasteiger partial charge on any atom is -0.309 e. The minimum absolute atomic E-state index is 0.146. The molecule has 2 N–H and O–H groups in total. The summed E-state index contributed by atoms with van der Waals surface area (Å²) in [6, 6.07) is 6.95. The Labute approximate surface area is 121 Å². The van der Waals surface area contributed by atoms with Crippen LogP contribution in [0, 0.1) is 0 Å². The zero-order valence-electron chi connectivity index (χ0n) is 10.3. The van der Waals surface area contributed by atoms with Crippen LogP contribution in [0.4, 0.5) is 5.82 Å². The van der Waals surface area contributed by atoms with Gasteiger partial charge in [0.2, 0.25) is 5.91 Å². The van der Waals surface area contributed by atoms with Crippen molar-refractivity contribution in [1.29, 1.82) is 0 Å². The number of amides is 1. The highest BCUT2D eigenvalue weighted by Gasteiger charge is 2.08. The number of H-pyrrole nitrogens is 1. The lowest BCUT2D eigenvalue weighted by Crippen LogP contribution is -2.14. The van der Waals surface area contributed by atoms with E-state index < -0.39 is 0 Å². The quantitative estimate of drug-likeness (QED) is 0.908. The van der Waals surface area contributed by atoms with Gasteiger partial charge in [-0.05, 0) is 24.1 Å². The molecule has 1 heterocycles. The van der Waals surface area contributed by atoms with E-state index in [4.69, 9.17) is 23.2 Å². The zero-order valence-corrected chi connectivity index (χ0v) is 11.8. The van der Waals surface area contributed by atoms with E-state index in [1.54, 1.807) is 18.2 Å². The Kier molecular flexibility index (Phi) is 4.45. The first-order valence-electron chi connectivity index (χ1n) is 5.86. The van der Waals surface area contributed by atoms with Crippen LogP contribution in [0.3, 0.4) is 0 Å². The molecule has 0 unspecified atom stereocenters. The fourth-order valence-corrected chi connectivity index (χ4v) is 1.95. The van der Waals surface area contributed by atoms with Gasteiger partial charge in [-0.3, -0.25) is 9.89 Å². The van der Waals surface area contributed by atoms with Crippen molar-refractivity contribution in [3.8, 4) is 0 Å². The van der Waals surface area contributed by atoms with Crippen LogP contribution in [0.15, 0.2) is 24.3 Å². The number of benzene rings is 1. The summed E-state index contributed by atoms with van der Waals surface area (Å²) < 4.78 is 0. The molecule has 0 bridgehead atoms. The molecule has 0 spiro atoms. The molecule has 0 aliphatic carbocycles. The summed E-state index contributed by atoms with van der Waals surface area (Å²) >= 11 is 11.7. The summed E-state index contributed by atoms with van der Waals surface area (Å²) in [5, 5.41) is 10.5. The fraction of sp³-hybridized carbons (Fsp3) is 0.231. The van der Waals surface area contributed by atoms with E-state index in [9.17, 15) is 4.79 Å². The van der Waals surface area contributed by atoms with Gasteiger partial charge in [0.15, 0.2) is 5.82 Å². The van der Waals surface area contributed by atoms with Gasteiger partial charge in [0.25, 0.3) is 0 Å². The molecule has 0 fully saturated rings. The van der Waals surface area contributed by atoms with E-state index in [2.05, 4.69) is 15.5 Å². The van der Waals surface area contributed by atoms with Crippen LogP contribution < -0.4 is 5.32 Å². The molecule has 1 aromatic carbocycles. The van der Waals surface area contributed by atoms with Crippen LogP contribution in [-0.4, -0.2) is 16.1 Å². The van der Waals surface area contributed by atoms with Gasteiger partial charge in [-0.1, -0.05) is 36.2 Å². The molecule has 0 saturated heterocycles. The second-order valence-corrected chi connectivity index (χ2v) is 4.92. The third-order valence-corrected chi connectivity index (χ3v) is 3.37. The van der Waals surface area contributed by atoms with Crippen molar-refractivity contribution in [2.24, 2.45) is 0 Å². The van der Waals surface area contributed by atoms with Crippen molar-refractivity contribution in [1.82, 2.24) is 10.2 Å². The number of aromatic nitrogens is 2. The number of aryl methyl sites for hydroxylation is 1. The standard InChI is InChI=1S/C13H13Cl2N3O/c1-2-9-7-12(18-17-9)16-13(19)6-8-3-4-10(14)11(15)5-8/h3-5,7H,2,6H2,1H3,(H2,16,17,18,19). The van der Waals surface area contributed by atoms with Crippen LogP contribution in [-0.2, 0) is 17.6 Å².